The van der Waals surface area contributed by atoms with Crippen LogP contribution in [0.5, 0.6) is 0 Å². The molecule has 0 fully saturated rings. The normalized spacial score (nSPS) is 11.3. The van der Waals surface area contributed by atoms with Gasteiger partial charge in [-0.2, -0.15) is 0 Å². The van der Waals surface area contributed by atoms with Crippen molar-refractivity contribution in [1.29, 1.82) is 0 Å². The first kappa shape index (κ1) is 35.9. The molecule has 11 rings (SSSR count). The van der Waals surface area contributed by atoms with Crippen molar-refractivity contribution in [2.24, 2.45) is 0 Å². The summed E-state index contributed by atoms with van der Waals surface area (Å²) in [6, 6.07) is 78.1. The highest BCUT2D eigenvalue weighted by Gasteiger charge is 2.20. The Bertz CT molecular complexity index is 3250. The summed E-state index contributed by atoms with van der Waals surface area (Å²) in [4.78, 5) is 15.8. The maximum Gasteiger partial charge on any atom is 0.164 e. The summed E-state index contributed by atoms with van der Waals surface area (Å²) < 4.78 is 6.76. The van der Waals surface area contributed by atoms with Crippen LogP contribution < -0.4 is 0 Å². The molecule has 0 bridgehead atoms. The first-order chi connectivity index (χ1) is 30.2. The highest BCUT2D eigenvalue weighted by Crippen LogP contribution is 2.41. The van der Waals surface area contributed by atoms with Crippen LogP contribution in [0.2, 0.25) is 0 Å². The van der Waals surface area contributed by atoms with Crippen molar-refractivity contribution in [3.63, 3.8) is 0 Å². The SMILES string of the molecule is c1ccc(-c2ccc(-c3nc(-c4cc(-c5ccccc5)cc(-c5ccccc5)c4)nc(-c4cccc5oc6c(-c7ccc(-c8ccccc8)cc7)cccc6c45)n3)cc2)cc1. The first-order valence-corrected chi connectivity index (χ1v) is 20.5. The topological polar surface area (TPSA) is 51.8 Å². The van der Waals surface area contributed by atoms with Crippen LogP contribution in [0.25, 0.3) is 112 Å². The molecule has 0 unspecified atom stereocenters. The molecule has 0 N–H and O–H groups in total. The molecule has 0 spiro atoms. The zero-order chi connectivity index (χ0) is 40.5. The van der Waals surface area contributed by atoms with Crippen LogP contribution in [0.1, 0.15) is 0 Å². The molecule has 4 nitrogen and oxygen atoms in total. The van der Waals surface area contributed by atoms with Crippen molar-refractivity contribution in [2.45, 2.75) is 0 Å². The number of fused-ring (bicyclic) bond motifs is 3. The average molecular weight is 780 g/mol. The Morgan fingerprint density at radius 2 is 0.656 bits per heavy atom. The number of nitrogens with zero attached hydrogens (tertiary/aromatic N) is 3. The molecule has 0 saturated carbocycles. The second kappa shape index (κ2) is 15.5. The molecule has 0 radical (unpaired) electrons. The molecule has 9 aromatic carbocycles. The van der Waals surface area contributed by atoms with Gasteiger partial charge in [0.15, 0.2) is 17.5 Å². The molecule has 0 aliphatic rings. The van der Waals surface area contributed by atoms with Crippen LogP contribution in [0.3, 0.4) is 0 Å². The predicted molar refractivity (Wildman–Crippen MR) is 251 cm³/mol. The van der Waals surface area contributed by atoms with Crippen LogP contribution >= 0.6 is 0 Å². The van der Waals surface area contributed by atoms with Crippen LogP contribution in [0.15, 0.2) is 229 Å². The third-order valence-corrected chi connectivity index (χ3v) is 11.4. The van der Waals surface area contributed by atoms with Gasteiger partial charge in [-0.05, 0) is 74.3 Å². The van der Waals surface area contributed by atoms with Gasteiger partial charge in [0.1, 0.15) is 11.2 Å². The smallest absolute Gasteiger partial charge is 0.164 e. The molecule has 0 aliphatic carbocycles. The van der Waals surface area contributed by atoms with Crippen molar-refractivity contribution in [3.05, 3.63) is 224 Å². The Hall–Kier alpha value is -8.21. The van der Waals surface area contributed by atoms with E-state index in [1.54, 1.807) is 0 Å². The second-order valence-corrected chi connectivity index (χ2v) is 15.2. The van der Waals surface area contributed by atoms with Gasteiger partial charge in [0.05, 0.1) is 0 Å². The van der Waals surface area contributed by atoms with Gasteiger partial charge in [0.2, 0.25) is 0 Å². The van der Waals surface area contributed by atoms with E-state index in [9.17, 15) is 0 Å². The summed E-state index contributed by atoms with van der Waals surface area (Å²) in [6.45, 7) is 0. The quantitative estimate of drug-likeness (QED) is 0.154. The summed E-state index contributed by atoms with van der Waals surface area (Å²) in [5.74, 6) is 1.76. The van der Waals surface area contributed by atoms with Gasteiger partial charge in [-0.1, -0.05) is 200 Å². The van der Waals surface area contributed by atoms with E-state index in [-0.39, 0.29) is 0 Å². The lowest BCUT2D eigenvalue weighted by Gasteiger charge is -2.13. The number of rotatable bonds is 8. The Labute approximate surface area is 354 Å². The number of benzene rings is 9. The van der Waals surface area contributed by atoms with Gasteiger partial charge in [-0.15, -0.1) is 0 Å². The van der Waals surface area contributed by atoms with E-state index in [1.165, 1.54) is 11.1 Å². The zero-order valence-corrected chi connectivity index (χ0v) is 33.1. The van der Waals surface area contributed by atoms with Gasteiger partial charge in [-0.25, -0.2) is 15.0 Å². The lowest BCUT2D eigenvalue weighted by atomic mass is 9.95. The van der Waals surface area contributed by atoms with Gasteiger partial charge in [-0.3, -0.25) is 0 Å². The second-order valence-electron chi connectivity index (χ2n) is 15.2. The molecule has 0 amide bonds. The molecule has 0 saturated heterocycles. The molecule has 61 heavy (non-hydrogen) atoms. The Morgan fingerprint density at radius 3 is 1.20 bits per heavy atom. The van der Waals surface area contributed by atoms with Crippen LogP contribution in [-0.2, 0) is 0 Å². The third kappa shape index (κ3) is 6.96. The van der Waals surface area contributed by atoms with E-state index in [1.807, 2.05) is 36.4 Å². The number of aromatic nitrogens is 3. The lowest BCUT2D eigenvalue weighted by molar-refractivity contribution is 0.670. The largest absolute Gasteiger partial charge is 0.455 e. The minimum atomic E-state index is 0.574. The lowest BCUT2D eigenvalue weighted by Crippen LogP contribution is -2.01. The Morgan fingerprint density at radius 1 is 0.262 bits per heavy atom. The summed E-state index contributed by atoms with van der Waals surface area (Å²) in [5, 5.41) is 1.97. The molecule has 2 heterocycles. The fourth-order valence-corrected chi connectivity index (χ4v) is 8.28. The number of hydrogen-bond acceptors (Lipinski definition) is 4. The van der Waals surface area contributed by atoms with Crippen molar-refractivity contribution in [1.82, 2.24) is 15.0 Å². The summed E-state index contributed by atoms with van der Waals surface area (Å²) in [7, 11) is 0. The molecule has 4 heteroatoms. The third-order valence-electron chi connectivity index (χ3n) is 11.4. The van der Waals surface area contributed by atoms with E-state index < -0.39 is 0 Å². The molecule has 286 valence electrons. The minimum Gasteiger partial charge on any atom is -0.455 e. The Balaban J connectivity index is 1.09. The molecule has 2 aromatic heterocycles. The molecular weight excluding hydrogens is 743 g/mol. The fourth-order valence-electron chi connectivity index (χ4n) is 8.28. The van der Waals surface area contributed by atoms with Crippen LogP contribution in [0.4, 0.5) is 0 Å². The summed E-state index contributed by atoms with van der Waals surface area (Å²) in [5.41, 5.74) is 15.4. The maximum atomic E-state index is 6.76. The van der Waals surface area contributed by atoms with Crippen molar-refractivity contribution < 1.29 is 4.42 Å². The van der Waals surface area contributed by atoms with Crippen LogP contribution in [-0.4, -0.2) is 15.0 Å². The highest BCUT2D eigenvalue weighted by atomic mass is 16.3. The van der Waals surface area contributed by atoms with Crippen molar-refractivity contribution in [3.8, 4) is 89.8 Å². The minimum absolute atomic E-state index is 0.574. The van der Waals surface area contributed by atoms with Gasteiger partial charge in [0, 0.05) is 33.0 Å². The molecule has 11 aromatic rings. The molecular formula is C57H37N3O. The predicted octanol–water partition coefficient (Wildman–Crippen LogP) is 15.1. The van der Waals surface area contributed by atoms with Crippen LogP contribution in [0, 0.1) is 0 Å². The average Bonchev–Trinajstić information content (AvgIpc) is 3.74. The zero-order valence-electron chi connectivity index (χ0n) is 33.1. The monoisotopic (exact) mass is 779 g/mol. The van der Waals surface area contributed by atoms with Gasteiger partial charge >= 0.3 is 0 Å². The Kier molecular flexibility index (Phi) is 9.14. The van der Waals surface area contributed by atoms with E-state index in [2.05, 4.69) is 188 Å². The van der Waals surface area contributed by atoms with E-state index in [4.69, 9.17) is 19.4 Å². The van der Waals surface area contributed by atoms with E-state index >= 15 is 0 Å². The summed E-state index contributed by atoms with van der Waals surface area (Å²) in [6.07, 6.45) is 0. The van der Waals surface area contributed by atoms with Gasteiger partial charge < -0.3 is 4.42 Å². The molecule has 0 aliphatic heterocycles. The van der Waals surface area contributed by atoms with E-state index in [0.29, 0.717) is 17.5 Å². The highest BCUT2D eigenvalue weighted by molar-refractivity contribution is 6.15. The first-order valence-electron chi connectivity index (χ1n) is 20.5. The number of hydrogen-bond donors (Lipinski definition) is 0. The fraction of sp³-hybridized carbons (Fsp3) is 0. The molecule has 0 atom stereocenters. The van der Waals surface area contributed by atoms with Crippen molar-refractivity contribution >= 4 is 21.9 Å². The van der Waals surface area contributed by atoms with E-state index in [0.717, 1.165) is 83.1 Å². The standard InChI is InChI=1S/C57H37N3O/c1-5-15-38(16-6-1)42-27-31-44(32-28-42)49-23-13-24-50-53-51(25-14-26-52(53)61-54(49)50)57-59-55(45-33-29-43(30-34-45)39-17-7-2-8-18-39)58-56(60-57)48-36-46(40-19-9-3-10-20-40)35-47(37-48)41-21-11-4-12-22-41/h1-37H. The van der Waals surface area contributed by atoms with Gasteiger partial charge in [0.25, 0.3) is 0 Å². The summed E-state index contributed by atoms with van der Waals surface area (Å²) >= 11 is 0. The number of para-hydroxylation sites is 1. The maximum absolute atomic E-state index is 6.76. The number of furan rings is 1. The van der Waals surface area contributed by atoms with Crippen molar-refractivity contribution in [2.75, 3.05) is 0 Å².